The topological polar surface area (TPSA) is 52.3 Å². The summed E-state index contributed by atoms with van der Waals surface area (Å²) >= 11 is 7.78. The smallest absolute Gasteiger partial charge is 0.258 e. The quantitative estimate of drug-likeness (QED) is 0.924. The van der Waals surface area contributed by atoms with Gasteiger partial charge in [-0.1, -0.05) is 11.6 Å². The van der Waals surface area contributed by atoms with Gasteiger partial charge < -0.3 is 10.5 Å². The third-order valence-electron chi connectivity index (χ3n) is 3.37. The van der Waals surface area contributed by atoms with Crippen LogP contribution in [0.15, 0.2) is 18.2 Å². The lowest BCUT2D eigenvalue weighted by Gasteiger charge is -2.18. The molecule has 3 nitrogen and oxygen atoms in total. The van der Waals surface area contributed by atoms with Crippen molar-refractivity contribution in [1.29, 1.82) is 0 Å². The highest BCUT2D eigenvalue weighted by molar-refractivity contribution is 7.17. The Morgan fingerprint density at radius 3 is 2.89 bits per heavy atom. The lowest BCUT2D eigenvalue weighted by Crippen LogP contribution is -2.08. The van der Waals surface area contributed by atoms with Crippen LogP contribution >= 0.6 is 22.9 Å². The number of carbonyl (C=O) groups excluding carboxylic acids is 1. The summed E-state index contributed by atoms with van der Waals surface area (Å²) in [6, 6.07) is 5.75. The largest absolute Gasteiger partial charge is 0.495 e. The van der Waals surface area contributed by atoms with E-state index in [0.29, 0.717) is 15.6 Å². The third kappa shape index (κ3) is 1.91. The Morgan fingerprint density at radius 1 is 1.42 bits per heavy atom. The molecule has 0 fully saturated rings. The molecule has 1 aliphatic carbocycles. The van der Waals surface area contributed by atoms with Gasteiger partial charge in [0.15, 0.2) is 0 Å². The molecular formula is C14H12ClNO2S. The maximum Gasteiger partial charge on any atom is 0.258 e. The minimum absolute atomic E-state index is 0.374. The van der Waals surface area contributed by atoms with Crippen molar-refractivity contribution in [1.82, 2.24) is 0 Å². The van der Waals surface area contributed by atoms with Crippen molar-refractivity contribution in [3.8, 4) is 16.2 Å². The minimum Gasteiger partial charge on any atom is -0.495 e. The van der Waals surface area contributed by atoms with Crippen LogP contribution < -0.4 is 10.5 Å². The number of thiophene rings is 1. The molecule has 0 spiro atoms. The molecule has 3 rings (SSSR count). The number of rotatable bonds is 2. The van der Waals surface area contributed by atoms with Crippen molar-refractivity contribution < 1.29 is 9.53 Å². The van der Waals surface area contributed by atoms with E-state index in [1.165, 1.54) is 16.9 Å². The molecule has 0 unspecified atom stereocenters. The molecule has 5 heteroatoms. The van der Waals surface area contributed by atoms with Gasteiger partial charge in [-0.15, -0.1) is 11.3 Å². The van der Waals surface area contributed by atoms with Crippen LogP contribution in [0.2, 0.25) is 5.02 Å². The standard InChI is InChI=1S/C14H12ClNO2S/c1-18-10-5-4-9-8(12(10)15)3-2-7-6-11(14(16)17)19-13(7)9/h4-6H,2-3H2,1H3,(H2,16,17). The zero-order chi connectivity index (χ0) is 13.6. The van der Waals surface area contributed by atoms with Crippen LogP contribution in [0.1, 0.15) is 20.8 Å². The normalized spacial score (nSPS) is 12.7. The number of methoxy groups -OCH3 is 1. The molecule has 1 aromatic heterocycles. The molecule has 2 N–H and O–H groups in total. The van der Waals surface area contributed by atoms with Crippen molar-refractivity contribution in [3.63, 3.8) is 0 Å². The number of amides is 1. The van der Waals surface area contributed by atoms with Crippen molar-refractivity contribution >= 4 is 28.8 Å². The predicted molar refractivity (Wildman–Crippen MR) is 77.2 cm³/mol. The summed E-state index contributed by atoms with van der Waals surface area (Å²) in [7, 11) is 1.61. The van der Waals surface area contributed by atoms with Crippen LogP contribution in [0, 0.1) is 0 Å². The minimum atomic E-state index is -0.374. The lowest BCUT2D eigenvalue weighted by atomic mass is 9.91. The Labute approximate surface area is 120 Å². The number of ether oxygens (including phenoxy) is 1. The van der Waals surface area contributed by atoms with Gasteiger partial charge in [0, 0.05) is 4.88 Å². The summed E-state index contributed by atoms with van der Waals surface area (Å²) in [5.74, 6) is 0.316. The van der Waals surface area contributed by atoms with Crippen molar-refractivity contribution in [3.05, 3.63) is 39.2 Å². The van der Waals surface area contributed by atoms with E-state index < -0.39 is 0 Å². The van der Waals surface area contributed by atoms with E-state index in [2.05, 4.69) is 0 Å². The molecule has 0 saturated carbocycles. The molecule has 0 bridgehead atoms. The second kappa shape index (κ2) is 4.54. The van der Waals surface area contributed by atoms with E-state index in [1.807, 2.05) is 18.2 Å². The van der Waals surface area contributed by atoms with E-state index in [9.17, 15) is 4.79 Å². The summed E-state index contributed by atoms with van der Waals surface area (Å²) < 4.78 is 5.24. The average Bonchev–Trinajstić information content (AvgIpc) is 2.83. The monoisotopic (exact) mass is 293 g/mol. The molecule has 19 heavy (non-hydrogen) atoms. The summed E-state index contributed by atoms with van der Waals surface area (Å²) in [4.78, 5) is 13.0. The van der Waals surface area contributed by atoms with E-state index in [1.54, 1.807) is 7.11 Å². The number of carbonyl (C=O) groups is 1. The first kappa shape index (κ1) is 12.5. The fraction of sp³-hybridized carbons (Fsp3) is 0.214. The fourth-order valence-electron chi connectivity index (χ4n) is 2.44. The second-order valence-electron chi connectivity index (χ2n) is 4.44. The molecular weight excluding hydrogens is 282 g/mol. The van der Waals surface area contributed by atoms with Gasteiger partial charge in [0.05, 0.1) is 17.0 Å². The maximum atomic E-state index is 11.3. The van der Waals surface area contributed by atoms with E-state index >= 15 is 0 Å². The molecule has 1 aliphatic rings. The first-order valence-corrected chi connectivity index (χ1v) is 7.09. The molecule has 0 atom stereocenters. The van der Waals surface area contributed by atoms with E-state index in [0.717, 1.165) is 28.8 Å². The summed E-state index contributed by atoms with van der Waals surface area (Å²) in [5.41, 5.74) is 8.70. The summed E-state index contributed by atoms with van der Waals surface area (Å²) in [6.45, 7) is 0. The number of fused-ring (bicyclic) bond motifs is 3. The van der Waals surface area contributed by atoms with Gasteiger partial charge in [0.2, 0.25) is 0 Å². The fourth-order valence-corrected chi connectivity index (χ4v) is 3.89. The highest BCUT2D eigenvalue weighted by Gasteiger charge is 2.23. The molecule has 1 amide bonds. The number of primary amides is 1. The maximum absolute atomic E-state index is 11.3. The number of benzene rings is 1. The van der Waals surface area contributed by atoms with Gasteiger partial charge in [-0.25, -0.2) is 0 Å². The van der Waals surface area contributed by atoms with E-state index in [-0.39, 0.29) is 5.91 Å². The summed E-state index contributed by atoms with van der Waals surface area (Å²) in [5, 5.41) is 0.666. The predicted octanol–water partition coefficient (Wildman–Crippen LogP) is 3.27. The number of aryl methyl sites for hydroxylation is 1. The highest BCUT2D eigenvalue weighted by atomic mass is 35.5. The van der Waals surface area contributed by atoms with Crippen LogP contribution in [-0.2, 0) is 12.8 Å². The van der Waals surface area contributed by atoms with Crippen LogP contribution in [0.3, 0.4) is 0 Å². The Bertz CT molecular complexity index is 678. The van der Waals surface area contributed by atoms with Gasteiger partial charge in [-0.2, -0.15) is 0 Å². The molecule has 0 radical (unpaired) electrons. The Balaban J connectivity index is 2.19. The average molecular weight is 294 g/mol. The molecule has 98 valence electrons. The number of hydrogen-bond acceptors (Lipinski definition) is 3. The zero-order valence-electron chi connectivity index (χ0n) is 10.3. The van der Waals surface area contributed by atoms with E-state index in [4.69, 9.17) is 22.1 Å². The van der Waals surface area contributed by atoms with Gasteiger partial charge in [0.1, 0.15) is 5.75 Å². The zero-order valence-corrected chi connectivity index (χ0v) is 11.9. The van der Waals surface area contributed by atoms with Gasteiger partial charge in [0.25, 0.3) is 5.91 Å². The van der Waals surface area contributed by atoms with Crippen molar-refractivity contribution in [2.75, 3.05) is 7.11 Å². The molecule has 2 aromatic rings. The van der Waals surface area contributed by atoms with Crippen LogP contribution in [0.4, 0.5) is 0 Å². The van der Waals surface area contributed by atoms with Gasteiger partial charge in [-0.05, 0) is 47.7 Å². The summed E-state index contributed by atoms with van der Waals surface area (Å²) in [6.07, 6.45) is 1.73. The Morgan fingerprint density at radius 2 is 2.21 bits per heavy atom. The van der Waals surface area contributed by atoms with Crippen molar-refractivity contribution in [2.24, 2.45) is 5.73 Å². The lowest BCUT2D eigenvalue weighted by molar-refractivity contribution is 0.100. The van der Waals surface area contributed by atoms with Crippen LogP contribution in [0.25, 0.3) is 10.4 Å². The van der Waals surface area contributed by atoms with Crippen LogP contribution in [-0.4, -0.2) is 13.0 Å². The first-order chi connectivity index (χ1) is 9.11. The number of hydrogen-bond donors (Lipinski definition) is 1. The number of halogens is 1. The second-order valence-corrected chi connectivity index (χ2v) is 5.87. The Kier molecular flexibility index (Phi) is 2.99. The molecule has 1 heterocycles. The van der Waals surface area contributed by atoms with Crippen LogP contribution in [0.5, 0.6) is 5.75 Å². The first-order valence-electron chi connectivity index (χ1n) is 5.90. The van der Waals surface area contributed by atoms with Gasteiger partial charge >= 0.3 is 0 Å². The van der Waals surface area contributed by atoms with Crippen molar-refractivity contribution in [2.45, 2.75) is 12.8 Å². The highest BCUT2D eigenvalue weighted by Crippen LogP contribution is 2.44. The molecule has 0 saturated heterocycles. The number of nitrogens with two attached hydrogens (primary N) is 1. The SMILES string of the molecule is COc1ccc2c(c1Cl)CCc1cc(C(N)=O)sc1-2. The molecule has 1 aromatic carbocycles. The molecule has 0 aliphatic heterocycles. The van der Waals surface area contributed by atoms with Gasteiger partial charge in [-0.3, -0.25) is 4.79 Å². The third-order valence-corrected chi connectivity index (χ3v) is 5.01. The Hall–Kier alpha value is -1.52.